The molecule has 5 heteroatoms. The first-order valence-electron chi connectivity index (χ1n) is 6.62. The molecular formula is C16H17F2NO2. The van der Waals surface area contributed by atoms with E-state index in [0.717, 1.165) is 17.8 Å². The monoisotopic (exact) mass is 293 g/mol. The van der Waals surface area contributed by atoms with Crippen molar-refractivity contribution in [1.29, 1.82) is 0 Å². The lowest BCUT2D eigenvalue weighted by Crippen LogP contribution is -2.03. The summed E-state index contributed by atoms with van der Waals surface area (Å²) in [5, 5.41) is 3.04. The van der Waals surface area contributed by atoms with Crippen molar-refractivity contribution >= 4 is 5.69 Å². The summed E-state index contributed by atoms with van der Waals surface area (Å²) in [6.07, 6.45) is 0. The number of benzene rings is 2. The van der Waals surface area contributed by atoms with Gasteiger partial charge in [-0.1, -0.05) is 0 Å². The summed E-state index contributed by atoms with van der Waals surface area (Å²) in [6, 6.07) is 8.70. The Morgan fingerprint density at radius 2 is 1.86 bits per heavy atom. The summed E-state index contributed by atoms with van der Waals surface area (Å²) in [5.41, 5.74) is 1.01. The van der Waals surface area contributed by atoms with E-state index >= 15 is 0 Å². The average molecular weight is 293 g/mol. The molecule has 112 valence electrons. The number of hydrogen-bond acceptors (Lipinski definition) is 3. The Morgan fingerprint density at radius 3 is 2.57 bits per heavy atom. The van der Waals surface area contributed by atoms with E-state index in [2.05, 4.69) is 5.32 Å². The zero-order chi connectivity index (χ0) is 15.2. The van der Waals surface area contributed by atoms with Crippen LogP contribution in [0.15, 0.2) is 36.4 Å². The normalized spacial score (nSPS) is 10.3. The van der Waals surface area contributed by atoms with Crippen molar-refractivity contribution in [3.8, 4) is 11.5 Å². The summed E-state index contributed by atoms with van der Waals surface area (Å²) >= 11 is 0. The van der Waals surface area contributed by atoms with Gasteiger partial charge in [0.25, 0.3) is 0 Å². The van der Waals surface area contributed by atoms with Crippen molar-refractivity contribution in [2.24, 2.45) is 0 Å². The topological polar surface area (TPSA) is 30.5 Å². The molecule has 0 spiro atoms. The molecule has 0 aromatic heterocycles. The summed E-state index contributed by atoms with van der Waals surface area (Å²) in [7, 11) is 1.56. The summed E-state index contributed by atoms with van der Waals surface area (Å²) in [4.78, 5) is 0. The minimum Gasteiger partial charge on any atom is -0.493 e. The van der Waals surface area contributed by atoms with E-state index in [1.807, 2.05) is 6.92 Å². The van der Waals surface area contributed by atoms with Crippen LogP contribution in [0.1, 0.15) is 12.5 Å². The van der Waals surface area contributed by atoms with Crippen molar-refractivity contribution < 1.29 is 18.3 Å². The van der Waals surface area contributed by atoms with Crippen molar-refractivity contribution in [2.45, 2.75) is 13.5 Å². The minimum atomic E-state index is -0.460. The van der Waals surface area contributed by atoms with E-state index in [4.69, 9.17) is 9.47 Å². The van der Waals surface area contributed by atoms with Gasteiger partial charge in [0.05, 0.1) is 13.7 Å². The third kappa shape index (κ3) is 3.84. The van der Waals surface area contributed by atoms with Gasteiger partial charge >= 0.3 is 0 Å². The van der Waals surface area contributed by atoms with Crippen LogP contribution in [-0.4, -0.2) is 13.7 Å². The molecule has 0 unspecified atom stereocenters. The molecule has 0 saturated heterocycles. The second kappa shape index (κ2) is 6.92. The summed E-state index contributed by atoms with van der Waals surface area (Å²) in [5.74, 6) is 0.324. The molecule has 21 heavy (non-hydrogen) atoms. The van der Waals surface area contributed by atoms with Gasteiger partial charge in [-0.25, -0.2) is 8.78 Å². The van der Waals surface area contributed by atoms with Gasteiger partial charge in [0.15, 0.2) is 11.5 Å². The van der Waals surface area contributed by atoms with E-state index in [-0.39, 0.29) is 12.1 Å². The number of ether oxygens (including phenoxy) is 2. The van der Waals surface area contributed by atoms with Gasteiger partial charge in [0.1, 0.15) is 11.6 Å². The lowest BCUT2D eigenvalue weighted by atomic mass is 10.2. The second-order valence-corrected chi connectivity index (χ2v) is 4.39. The van der Waals surface area contributed by atoms with Crippen molar-refractivity contribution in [3.05, 3.63) is 53.6 Å². The quantitative estimate of drug-likeness (QED) is 0.873. The maximum absolute atomic E-state index is 13.5. The molecule has 0 aliphatic carbocycles. The predicted molar refractivity (Wildman–Crippen MR) is 77.8 cm³/mol. The predicted octanol–water partition coefficient (Wildman–Crippen LogP) is 3.98. The molecule has 0 atom stereocenters. The highest BCUT2D eigenvalue weighted by atomic mass is 19.1. The first-order valence-corrected chi connectivity index (χ1v) is 6.62. The van der Waals surface area contributed by atoms with E-state index in [9.17, 15) is 8.78 Å². The number of methoxy groups -OCH3 is 1. The molecule has 2 aromatic carbocycles. The van der Waals surface area contributed by atoms with Crippen molar-refractivity contribution in [1.82, 2.24) is 0 Å². The Bertz CT molecular complexity index is 617. The maximum atomic E-state index is 13.5. The lowest BCUT2D eigenvalue weighted by Gasteiger charge is -2.12. The molecule has 3 nitrogen and oxygen atoms in total. The maximum Gasteiger partial charge on any atom is 0.163 e. The van der Waals surface area contributed by atoms with Crippen LogP contribution in [-0.2, 0) is 6.54 Å². The van der Waals surface area contributed by atoms with Gasteiger partial charge < -0.3 is 14.8 Å². The molecule has 0 aliphatic rings. The molecule has 1 N–H and O–H groups in total. The number of anilines is 1. The average Bonchev–Trinajstić information content (AvgIpc) is 2.49. The van der Waals surface area contributed by atoms with Crippen LogP contribution in [0.2, 0.25) is 0 Å². The van der Waals surface area contributed by atoms with Crippen LogP contribution >= 0.6 is 0 Å². The van der Waals surface area contributed by atoms with Gasteiger partial charge in [-0.05, 0) is 37.3 Å². The third-order valence-electron chi connectivity index (χ3n) is 2.95. The Morgan fingerprint density at radius 1 is 1.05 bits per heavy atom. The summed E-state index contributed by atoms with van der Waals surface area (Å²) in [6.45, 7) is 2.57. The molecule has 0 fully saturated rings. The highest BCUT2D eigenvalue weighted by Crippen LogP contribution is 2.30. The van der Waals surface area contributed by atoms with Crippen LogP contribution in [0.5, 0.6) is 11.5 Å². The van der Waals surface area contributed by atoms with Crippen LogP contribution in [0, 0.1) is 11.6 Å². The number of rotatable bonds is 6. The molecule has 0 aliphatic heterocycles. The highest BCUT2D eigenvalue weighted by molar-refractivity contribution is 5.55. The van der Waals surface area contributed by atoms with Crippen LogP contribution in [0.4, 0.5) is 14.5 Å². The fraction of sp³-hybridized carbons (Fsp3) is 0.250. The highest BCUT2D eigenvalue weighted by Gasteiger charge is 2.07. The smallest absolute Gasteiger partial charge is 0.163 e. The van der Waals surface area contributed by atoms with Crippen molar-refractivity contribution in [2.75, 3.05) is 19.0 Å². The Labute approximate surface area is 122 Å². The first kappa shape index (κ1) is 15.1. The molecule has 0 radical (unpaired) electrons. The Balaban J connectivity index is 2.12. The lowest BCUT2D eigenvalue weighted by molar-refractivity contribution is 0.311. The van der Waals surface area contributed by atoms with Crippen LogP contribution < -0.4 is 14.8 Å². The Hall–Kier alpha value is -2.30. The van der Waals surface area contributed by atoms with Crippen LogP contribution in [0.25, 0.3) is 0 Å². The van der Waals surface area contributed by atoms with E-state index < -0.39 is 11.6 Å². The van der Waals surface area contributed by atoms with Crippen LogP contribution in [0.3, 0.4) is 0 Å². The van der Waals surface area contributed by atoms with Gasteiger partial charge in [-0.2, -0.15) is 0 Å². The fourth-order valence-electron chi connectivity index (χ4n) is 1.93. The zero-order valence-corrected chi connectivity index (χ0v) is 12.0. The largest absolute Gasteiger partial charge is 0.493 e. The zero-order valence-electron chi connectivity index (χ0n) is 12.0. The summed E-state index contributed by atoms with van der Waals surface area (Å²) < 4.78 is 37.3. The first-order chi connectivity index (χ1) is 10.1. The van der Waals surface area contributed by atoms with Gasteiger partial charge in [-0.3, -0.25) is 0 Å². The standard InChI is InChI=1S/C16H17F2NO2/c1-3-21-16-9-13(5-7-15(16)20-2)19-10-11-8-12(17)4-6-14(11)18/h4-9,19H,3,10H2,1-2H3. The fourth-order valence-corrected chi connectivity index (χ4v) is 1.93. The number of hydrogen-bond donors (Lipinski definition) is 1. The van der Waals surface area contributed by atoms with Gasteiger partial charge in [0.2, 0.25) is 0 Å². The number of halogens is 2. The molecule has 0 bridgehead atoms. The molecular weight excluding hydrogens is 276 g/mol. The van der Waals surface area contributed by atoms with Crippen molar-refractivity contribution in [3.63, 3.8) is 0 Å². The van der Waals surface area contributed by atoms with E-state index in [1.54, 1.807) is 25.3 Å². The Kier molecular flexibility index (Phi) is 4.98. The molecule has 0 heterocycles. The molecule has 2 rings (SSSR count). The molecule has 2 aromatic rings. The number of nitrogens with one attached hydrogen (secondary N) is 1. The SMILES string of the molecule is CCOc1cc(NCc2cc(F)ccc2F)ccc1OC. The third-order valence-corrected chi connectivity index (χ3v) is 2.95. The van der Waals surface area contributed by atoms with E-state index in [1.165, 1.54) is 6.07 Å². The molecule has 0 saturated carbocycles. The second-order valence-electron chi connectivity index (χ2n) is 4.39. The van der Waals surface area contributed by atoms with Gasteiger partial charge in [-0.15, -0.1) is 0 Å². The van der Waals surface area contributed by atoms with Gasteiger partial charge in [0, 0.05) is 23.9 Å². The minimum absolute atomic E-state index is 0.182. The molecule has 0 amide bonds. The van der Waals surface area contributed by atoms with E-state index in [0.29, 0.717) is 18.1 Å².